The Morgan fingerprint density at radius 2 is 1.97 bits per heavy atom. The van der Waals surface area contributed by atoms with Crippen LogP contribution in [0.3, 0.4) is 0 Å². The Hall–Kier alpha value is -3.63. The van der Waals surface area contributed by atoms with Crippen molar-refractivity contribution in [1.82, 2.24) is 10.2 Å². The molecule has 11 heteroatoms. The van der Waals surface area contributed by atoms with E-state index < -0.39 is 28.9 Å². The van der Waals surface area contributed by atoms with Crippen LogP contribution in [0.15, 0.2) is 53.5 Å². The van der Waals surface area contributed by atoms with Crippen LogP contribution in [0.5, 0.6) is 0 Å². The van der Waals surface area contributed by atoms with Crippen molar-refractivity contribution in [3.63, 3.8) is 0 Å². The van der Waals surface area contributed by atoms with Gasteiger partial charge in [0.2, 0.25) is 0 Å². The number of nitro benzene ring substituents is 1. The van der Waals surface area contributed by atoms with E-state index in [9.17, 15) is 29.6 Å². The number of nitro groups is 1. The summed E-state index contributed by atoms with van der Waals surface area (Å²) in [6.45, 7) is 2.04. The van der Waals surface area contributed by atoms with E-state index in [1.54, 1.807) is 30.3 Å². The van der Waals surface area contributed by atoms with Gasteiger partial charge in [0.1, 0.15) is 5.92 Å². The number of amides is 2. The zero-order valence-corrected chi connectivity index (χ0v) is 19.1. The van der Waals surface area contributed by atoms with Crippen LogP contribution in [-0.2, 0) is 4.79 Å². The van der Waals surface area contributed by atoms with Gasteiger partial charge in [-0.05, 0) is 37.6 Å². The minimum absolute atomic E-state index is 0.0671. The molecule has 2 atom stereocenters. The molecule has 2 aromatic carbocycles. The fourth-order valence-electron chi connectivity index (χ4n) is 3.90. The third-order valence-corrected chi connectivity index (χ3v) is 5.73. The summed E-state index contributed by atoms with van der Waals surface area (Å²) in [5, 5.41) is 24.5. The quantitative estimate of drug-likeness (QED) is 0.225. The number of halogens is 1. The Morgan fingerprint density at radius 1 is 1.24 bits per heavy atom. The molecule has 1 aliphatic rings. The van der Waals surface area contributed by atoms with E-state index in [-0.39, 0.29) is 30.3 Å². The lowest BCUT2D eigenvalue weighted by molar-refractivity contribution is -0.385. The first kappa shape index (κ1) is 25.0. The maximum absolute atomic E-state index is 12.7. The molecule has 0 aliphatic carbocycles. The van der Waals surface area contributed by atoms with Crippen LogP contribution in [0.25, 0.3) is 0 Å². The Balaban J connectivity index is 1.71. The molecular weight excluding hydrogens is 464 g/mol. The van der Waals surface area contributed by atoms with Crippen molar-refractivity contribution < 1.29 is 24.4 Å². The number of rotatable bonds is 10. The second kappa shape index (κ2) is 11.0. The van der Waals surface area contributed by atoms with Gasteiger partial charge in [-0.3, -0.25) is 19.7 Å². The number of Topliss-reactive ketones (excluding diaryl/α,β-unsaturated/α-hetero) is 1. The summed E-state index contributed by atoms with van der Waals surface area (Å²) in [5.74, 6) is -2.46. The molecule has 0 aromatic heterocycles. The first-order valence-electron chi connectivity index (χ1n) is 10.5. The normalized spacial score (nSPS) is 17.9. The van der Waals surface area contributed by atoms with Gasteiger partial charge in [0.25, 0.3) is 5.69 Å². The molecule has 0 bridgehead atoms. The number of hydrogen-bond acceptors (Lipinski definition) is 6. The van der Waals surface area contributed by atoms with Crippen LogP contribution in [0.1, 0.15) is 35.3 Å². The third-order valence-electron chi connectivity index (χ3n) is 5.49. The number of nitrogens with one attached hydrogen (secondary N) is 1. The molecule has 0 fully saturated rings. The summed E-state index contributed by atoms with van der Waals surface area (Å²) in [6, 6.07) is 10.6. The maximum atomic E-state index is 12.7. The van der Waals surface area contributed by atoms with Crippen molar-refractivity contribution in [2.24, 2.45) is 10.9 Å². The van der Waals surface area contributed by atoms with Crippen molar-refractivity contribution in [3.8, 4) is 0 Å². The van der Waals surface area contributed by atoms with E-state index in [1.165, 1.54) is 30.0 Å². The first-order valence-corrected chi connectivity index (χ1v) is 10.9. The standard InChI is InChI=1S/C23H23ClN4O6/c1-14-20(22(30)31)21(16-6-3-8-18(12-16)28(33)34)27(23(32)26-14)10-4-9-25-13-19(29)15-5-2-7-17(24)11-15/h2-3,5-8,11-12,20-21,25H,4,9-10,13H2,1H3,(H,30,31). The van der Waals surface area contributed by atoms with Crippen LogP contribution < -0.4 is 5.32 Å². The zero-order valence-electron chi connectivity index (χ0n) is 18.3. The number of carboxylic acids is 1. The van der Waals surface area contributed by atoms with E-state index in [0.29, 0.717) is 29.1 Å². The van der Waals surface area contributed by atoms with E-state index in [0.717, 1.165) is 0 Å². The molecule has 2 N–H and O–H groups in total. The fraction of sp³-hybridized carbons (Fsp3) is 0.304. The van der Waals surface area contributed by atoms with E-state index in [4.69, 9.17) is 11.6 Å². The predicted molar refractivity (Wildman–Crippen MR) is 125 cm³/mol. The lowest BCUT2D eigenvalue weighted by Gasteiger charge is -2.37. The summed E-state index contributed by atoms with van der Waals surface area (Å²) in [7, 11) is 0. The van der Waals surface area contributed by atoms with Gasteiger partial charge in [-0.1, -0.05) is 35.9 Å². The number of urea groups is 1. The molecule has 1 aliphatic heterocycles. The van der Waals surface area contributed by atoms with E-state index in [1.807, 2.05) is 0 Å². The van der Waals surface area contributed by atoms with Crippen molar-refractivity contribution in [2.75, 3.05) is 19.6 Å². The highest BCUT2D eigenvalue weighted by Crippen LogP contribution is 2.35. The van der Waals surface area contributed by atoms with Gasteiger partial charge >= 0.3 is 12.0 Å². The van der Waals surface area contributed by atoms with Gasteiger partial charge in [0, 0.05) is 35.0 Å². The minimum atomic E-state index is -1.18. The van der Waals surface area contributed by atoms with Crippen molar-refractivity contribution in [3.05, 3.63) is 74.8 Å². The molecule has 10 nitrogen and oxygen atoms in total. The molecular formula is C23H23ClN4O6. The number of hydrogen-bond donors (Lipinski definition) is 2. The molecule has 2 aromatic rings. The highest BCUT2D eigenvalue weighted by Gasteiger charge is 2.42. The number of carbonyl (C=O) groups is 3. The first-order chi connectivity index (χ1) is 16.2. The minimum Gasteiger partial charge on any atom is -0.481 e. The molecule has 178 valence electrons. The summed E-state index contributed by atoms with van der Waals surface area (Å²) in [4.78, 5) is 52.8. The lowest BCUT2D eigenvalue weighted by Crippen LogP contribution is -2.47. The van der Waals surface area contributed by atoms with Gasteiger partial charge in [0.05, 0.1) is 17.5 Å². The predicted octanol–water partition coefficient (Wildman–Crippen LogP) is 3.75. The highest BCUT2D eigenvalue weighted by molar-refractivity contribution is 6.31. The smallest absolute Gasteiger partial charge is 0.344 e. The third kappa shape index (κ3) is 5.83. The highest BCUT2D eigenvalue weighted by atomic mass is 35.5. The van der Waals surface area contributed by atoms with E-state index in [2.05, 4.69) is 10.3 Å². The molecule has 0 saturated heterocycles. The van der Waals surface area contributed by atoms with Crippen molar-refractivity contribution >= 4 is 40.8 Å². The molecule has 0 radical (unpaired) electrons. The topological polar surface area (TPSA) is 142 Å². The number of ketones is 1. The summed E-state index contributed by atoms with van der Waals surface area (Å²) in [6.07, 6.45) is 0.404. The van der Waals surface area contributed by atoms with Gasteiger partial charge in [0.15, 0.2) is 5.78 Å². The summed E-state index contributed by atoms with van der Waals surface area (Å²) in [5.41, 5.74) is 0.755. The Kier molecular flexibility index (Phi) is 8.08. The second-order valence-electron chi connectivity index (χ2n) is 7.81. The average Bonchev–Trinajstić information content (AvgIpc) is 2.79. The van der Waals surface area contributed by atoms with Crippen LogP contribution in [0.2, 0.25) is 5.02 Å². The average molecular weight is 487 g/mol. The molecule has 34 heavy (non-hydrogen) atoms. The van der Waals surface area contributed by atoms with Crippen molar-refractivity contribution in [1.29, 1.82) is 0 Å². The summed E-state index contributed by atoms with van der Waals surface area (Å²) < 4.78 is 0. The van der Waals surface area contributed by atoms with Crippen molar-refractivity contribution in [2.45, 2.75) is 19.4 Å². The Morgan fingerprint density at radius 3 is 2.65 bits per heavy atom. The van der Waals surface area contributed by atoms with Crippen LogP contribution in [-0.4, -0.2) is 58.1 Å². The fourth-order valence-corrected chi connectivity index (χ4v) is 4.09. The number of aliphatic carboxylic acids is 1. The number of carbonyl (C=O) groups excluding carboxylic acids is 2. The number of benzene rings is 2. The Labute approximate surface area is 200 Å². The SMILES string of the molecule is CC1=NC(=O)N(CCCNCC(=O)c2cccc(Cl)c2)C(c2cccc([N+](=O)[O-])c2)C1C(=O)O. The number of non-ortho nitro benzene ring substituents is 1. The van der Waals surface area contributed by atoms with Gasteiger partial charge in [-0.15, -0.1) is 0 Å². The largest absolute Gasteiger partial charge is 0.481 e. The zero-order chi connectivity index (χ0) is 24.8. The molecule has 2 amide bonds. The monoisotopic (exact) mass is 486 g/mol. The second-order valence-corrected chi connectivity index (χ2v) is 8.24. The number of aliphatic imine (C=N–C) groups is 1. The van der Waals surface area contributed by atoms with E-state index >= 15 is 0 Å². The summed E-state index contributed by atoms with van der Waals surface area (Å²) >= 11 is 5.91. The molecule has 0 saturated carbocycles. The van der Waals surface area contributed by atoms with Gasteiger partial charge in [-0.25, -0.2) is 9.79 Å². The molecule has 3 rings (SSSR count). The van der Waals surface area contributed by atoms with Crippen LogP contribution in [0.4, 0.5) is 10.5 Å². The number of nitrogens with zero attached hydrogens (tertiary/aromatic N) is 3. The molecule has 0 spiro atoms. The van der Waals surface area contributed by atoms with Crippen LogP contribution >= 0.6 is 11.6 Å². The lowest BCUT2D eigenvalue weighted by atomic mass is 9.86. The van der Waals surface area contributed by atoms with Gasteiger partial charge < -0.3 is 15.3 Å². The molecule has 1 heterocycles. The maximum Gasteiger partial charge on any atom is 0.344 e. The van der Waals surface area contributed by atoms with Crippen LogP contribution in [0, 0.1) is 16.0 Å². The molecule has 2 unspecified atom stereocenters. The number of carboxylic acid groups (broad SMARTS) is 1. The Bertz CT molecular complexity index is 1150. The van der Waals surface area contributed by atoms with Gasteiger partial charge in [-0.2, -0.15) is 0 Å².